The van der Waals surface area contributed by atoms with E-state index in [2.05, 4.69) is 22.8 Å². The van der Waals surface area contributed by atoms with Crippen molar-refractivity contribution in [2.75, 3.05) is 40.0 Å². The lowest BCUT2D eigenvalue weighted by molar-refractivity contribution is 0.127. The third-order valence-corrected chi connectivity index (χ3v) is 3.50. The molecular weight excluding hydrogens is 262 g/mol. The molecule has 0 aliphatic rings. The fraction of sp³-hybridized carbons (Fsp3) is 0.571. The maximum absolute atomic E-state index is 9.04. The average molecular weight is 283 g/mol. The number of ether oxygens (including phenoxy) is 1. The first-order valence-electron chi connectivity index (χ1n) is 6.30. The molecule has 1 heterocycles. The van der Waals surface area contributed by atoms with Gasteiger partial charge in [-0.2, -0.15) is 0 Å². The number of aliphatic hydroxyl groups is 2. The van der Waals surface area contributed by atoms with Crippen LogP contribution in [0, 0.1) is 11.8 Å². The van der Waals surface area contributed by atoms with Crippen LogP contribution in [0.1, 0.15) is 16.2 Å². The zero-order valence-electron chi connectivity index (χ0n) is 11.3. The highest BCUT2D eigenvalue weighted by Gasteiger charge is 2.07. The summed E-state index contributed by atoms with van der Waals surface area (Å²) in [4.78, 5) is 4.39. The van der Waals surface area contributed by atoms with Gasteiger partial charge in [0.2, 0.25) is 0 Å². The van der Waals surface area contributed by atoms with Crippen molar-refractivity contribution in [2.45, 2.75) is 13.0 Å². The fourth-order valence-corrected chi connectivity index (χ4v) is 2.51. The molecule has 0 aliphatic carbocycles. The molecule has 0 spiro atoms. The lowest BCUT2D eigenvalue weighted by Crippen LogP contribution is -2.29. The molecule has 0 aliphatic heterocycles. The molecule has 0 saturated heterocycles. The zero-order chi connectivity index (χ0) is 13.9. The smallest absolute Gasteiger partial charge is 0.0771 e. The topological polar surface area (TPSA) is 52.9 Å². The normalized spacial score (nSPS) is 10.5. The molecule has 5 heteroatoms. The van der Waals surface area contributed by atoms with E-state index in [9.17, 15) is 0 Å². The summed E-state index contributed by atoms with van der Waals surface area (Å²) in [7, 11) is 1.68. The number of methoxy groups -OCH3 is 1. The molecule has 1 rings (SSSR count). The summed E-state index contributed by atoms with van der Waals surface area (Å²) < 4.78 is 5.06. The molecule has 4 nitrogen and oxygen atoms in total. The molecule has 1 aromatic heterocycles. The Kier molecular flexibility index (Phi) is 8.47. The van der Waals surface area contributed by atoms with Gasteiger partial charge in [0.25, 0.3) is 0 Å². The second-order valence-electron chi connectivity index (χ2n) is 4.03. The Morgan fingerprint density at radius 1 is 1.26 bits per heavy atom. The minimum Gasteiger partial charge on any atom is -0.395 e. The van der Waals surface area contributed by atoms with Crippen LogP contribution in [0.3, 0.4) is 0 Å². The lowest BCUT2D eigenvalue weighted by Gasteiger charge is -2.19. The summed E-state index contributed by atoms with van der Waals surface area (Å²) >= 11 is 1.65. The first kappa shape index (κ1) is 16.2. The second kappa shape index (κ2) is 9.96. The van der Waals surface area contributed by atoms with Gasteiger partial charge in [0.1, 0.15) is 0 Å². The second-order valence-corrected chi connectivity index (χ2v) is 5.20. The molecular formula is C14H21NO3S. The van der Waals surface area contributed by atoms with Gasteiger partial charge in [-0.05, 0) is 12.1 Å². The highest BCUT2D eigenvalue weighted by molar-refractivity contribution is 7.12. The van der Waals surface area contributed by atoms with E-state index < -0.39 is 0 Å². The van der Waals surface area contributed by atoms with E-state index >= 15 is 0 Å². The van der Waals surface area contributed by atoms with Crippen LogP contribution in [0.2, 0.25) is 0 Å². The summed E-state index contributed by atoms with van der Waals surface area (Å²) in [6.45, 7) is 3.17. The summed E-state index contributed by atoms with van der Waals surface area (Å²) in [5, 5.41) is 17.7. The maximum atomic E-state index is 9.04. The minimum absolute atomic E-state index is 0.104. The summed E-state index contributed by atoms with van der Waals surface area (Å²) in [6.07, 6.45) is 0.512. The summed E-state index contributed by atoms with van der Waals surface area (Å²) in [5.74, 6) is 5.94. The monoisotopic (exact) mass is 283 g/mol. The molecule has 19 heavy (non-hydrogen) atoms. The Morgan fingerprint density at radius 3 is 2.79 bits per heavy atom. The van der Waals surface area contributed by atoms with E-state index in [0.29, 0.717) is 19.6 Å². The highest BCUT2D eigenvalue weighted by Crippen LogP contribution is 2.17. The van der Waals surface area contributed by atoms with Crippen molar-refractivity contribution in [1.29, 1.82) is 0 Å². The average Bonchev–Trinajstić information content (AvgIpc) is 2.84. The van der Waals surface area contributed by atoms with Crippen molar-refractivity contribution < 1.29 is 14.9 Å². The van der Waals surface area contributed by atoms with Gasteiger partial charge in [0.05, 0.1) is 24.7 Å². The Morgan fingerprint density at radius 2 is 2.11 bits per heavy atom. The van der Waals surface area contributed by atoms with Crippen LogP contribution in [0.25, 0.3) is 0 Å². The van der Waals surface area contributed by atoms with Crippen LogP contribution < -0.4 is 0 Å². The van der Waals surface area contributed by atoms with E-state index in [1.165, 1.54) is 4.88 Å². The van der Waals surface area contributed by atoms with E-state index in [0.717, 1.165) is 18.0 Å². The molecule has 106 valence electrons. The van der Waals surface area contributed by atoms with Crippen molar-refractivity contribution in [3.05, 3.63) is 21.9 Å². The first-order valence-corrected chi connectivity index (χ1v) is 7.12. The van der Waals surface area contributed by atoms with E-state index in [4.69, 9.17) is 14.9 Å². The number of hydrogen-bond acceptors (Lipinski definition) is 5. The highest BCUT2D eigenvalue weighted by atomic mass is 32.1. The maximum Gasteiger partial charge on any atom is 0.0771 e. The van der Waals surface area contributed by atoms with Gasteiger partial charge in [-0.15, -0.1) is 11.3 Å². The number of aliphatic hydroxyl groups excluding tert-OH is 2. The van der Waals surface area contributed by atoms with Crippen LogP contribution in [0.4, 0.5) is 0 Å². The third-order valence-electron chi connectivity index (χ3n) is 2.52. The lowest BCUT2D eigenvalue weighted by atomic mass is 10.3. The van der Waals surface area contributed by atoms with Crippen LogP contribution >= 0.6 is 11.3 Å². The quantitative estimate of drug-likeness (QED) is 0.697. The third kappa shape index (κ3) is 6.71. The number of nitrogens with zero attached hydrogens (tertiary/aromatic N) is 1. The number of hydrogen-bond donors (Lipinski definition) is 2. The number of rotatable bonds is 8. The van der Waals surface area contributed by atoms with E-state index in [1.807, 2.05) is 6.07 Å². The van der Waals surface area contributed by atoms with Crippen LogP contribution in [-0.4, -0.2) is 55.1 Å². The first-order chi connectivity index (χ1) is 9.30. The molecule has 0 atom stereocenters. The van der Waals surface area contributed by atoms with Crippen LogP contribution in [-0.2, 0) is 11.3 Å². The predicted molar refractivity (Wildman–Crippen MR) is 77.1 cm³/mol. The molecule has 0 fully saturated rings. The SMILES string of the molecule is COCCN(CCO)Cc1ccc(C#CCCO)s1. The van der Waals surface area contributed by atoms with Crippen LogP contribution in [0.15, 0.2) is 12.1 Å². The Balaban J connectivity index is 2.52. The fourth-order valence-electron chi connectivity index (χ4n) is 1.59. The van der Waals surface area contributed by atoms with Gasteiger partial charge in [0, 0.05) is 38.0 Å². The predicted octanol–water partition coefficient (Wildman–Crippen LogP) is 0.923. The van der Waals surface area contributed by atoms with Crippen molar-refractivity contribution in [3.8, 4) is 11.8 Å². The van der Waals surface area contributed by atoms with Crippen molar-refractivity contribution in [2.24, 2.45) is 0 Å². The molecule has 0 aromatic carbocycles. The Labute approximate surface area is 118 Å². The Bertz CT molecular complexity index is 408. The van der Waals surface area contributed by atoms with Crippen molar-refractivity contribution in [3.63, 3.8) is 0 Å². The van der Waals surface area contributed by atoms with Crippen molar-refractivity contribution in [1.82, 2.24) is 4.90 Å². The van der Waals surface area contributed by atoms with Crippen LogP contribution in [0.5, 0.6) is 0 Å². The van der Waals surface area contributed by atoms with Gasteiger partial charge in [-0.3, -0.25) is 4.90 Å². The van der Waals surface area contributed by atoms with E-state index in [-0.39, 0.29) is 13.2 Å². The summed E-state index contributed by atoms with van der Waals surface area (Å²) in [6, 6.07) is 4.06. The zero-order valence-corrected chi connectivity index (χ0v) is 12.1. The van der Waals surface area contributed by atoms with Gasteiger partial charge in [-0.1, -0.05) is 11.8 Å². The van der Waals surface area contributed by atoms with Crippen molar-refractivity contribution >= 4 is 11.3 Å². The standard InChI is InChI=1S/C14H21NO3S/c1-18-11-8-15(7-10-17)12-14-6-5-13(19-14)4-2-3-9-16/h5-6,16-17H,3,7-12H2,1H3. The minimum atomic E-state index is 0.104. The molecule has 1 aromatic rings. The molecule has 0 amide bonds. The van der Waals surface area contributed by atoms with Gasteiger partial charge < -0.3 is 14.9 Å². The molecule has 0 unspecified atom stereocenters. The Hall–Kier alpha value is -0.900. The van der Waals surface area contributed by atoms with Gasteiger partial charge in [-0.25, -0.2) is 0 Å². The molecule has 0 saturated carbocycles. The van der Waals surface area contributed by atoms with E-state index in [1.54, 1.807) is 18.4 Å². The number of thiophene rings is 1. The van der Waals surface area contributed by atoms with Gasteiger partial charge in [0.15, 0.2) is 0 Å². The molecule has 0 bridgehead atoms. The summed E-state index contributed by atoms with van der Waals surface area (Å²) in [5.41, 5.74) is 0. The molecule has 2 N–H and O–H groups in total. The van der Waals surface area contributed by atoms with Gasteiger partial charge >= 0.3 is 0 Å². The molecule has 0 radical (unpaired) electrons. The largest absolute Gasteiger partial charge is 0.395 e.